The molecular weight excluding hydrogens is 206 g/mol. The highest BCUT2D eigenvalue weighted by molar-refractivity contribution is 6.34. The highest BCUT2D eigenvalue weighted by Gasteiger charge is 2.10. The molecular formula is C8H4ClN3O2. The van der Waals surface area contributed by atoms with E-state index in [9.17, 15) is 4.79 Å². The molecule has 0 spiro atoms. The van der Waals surface area contributed by atoms with Crippen LogP contribution in [0.25, 0.3) is 11.0 Å². The third kappa shape index (κ3) is 1.38. The van der Waals surface area contributed by atoms with Gasteiger partial charge in [-0.05, 0) is 12.1 Å². The molecule has 1 aromatic heterocycles. The number of hydrogen-bond acceptors (Lipinski definition) is 4. The first-order valence-electron chi connectivity index (χ1n) is 3.71. The van der Waals surface area contributed by atoms with E-state index in [0.717, 1.165) is 0 Å². The molecule has 2 aromatic rings. The van der Waals surface area contributed by atoms with Crippen LogP contribution in [0.2, 0.25) is 5.02 Å². The molecule has 0 radical (unpaired) electrons. The third-order valence-corrected chi connectivity index (χ3v) is 1.93. The molecule has 0 aliphatic carbocycles. The first-order chi connectivity index (χ1) is 6.68. The predicted octanol–water partition coefficient (Wildman–Crippen LogP) is 1.38. The van der Waals surface area contributed by atoms with Crippen LogP contribution in [-0.4, -0.2) is 26.3 Å². The molecule has 5 nitrogen and oxygen atoms in total. The molecule has 0 atom stereocenters. The van der Waals surface area contributed by atoms with Crippen LogP contribution in [0.1, 0.15) is 10.6 Å². The summed E-state index contributed by atoms with van der Waals surface area (Å²) < 4.78 is 0. The van der Waals surface area contributed by atoms with Crippen LogP contribution in [0.5, 0.6) is 0 Å². The summed E-state index contributed by atoms with van der Waals surface area (Å²) in [5.74, 6) is -1.58. The number of carbonyl (C=O) groups is 1. The maximum atomic E-state index is 10.5. The molecule has 0 bridgehead atoms. The number of fused-ring (bicyclic) bond motifs is 1. The number of rotatable bonds is 1. The Morgan fingerprint density at radius 3 is 2.86 bits per heavy atom. The largest absolute Gasteiger partial charge is 0.475 e. The molecule has 0 unspecified atom stereocenters. The zero-order chi connectivity index (χ0) is 10.1. The van der Waals surface area contributed by atoms with Gasteiger partial charge in [-0.1, -0.05) is 17.7 Å². The zero-order valence-electron chi connectivity index (χ0n) is 6.81. The number of aromatic nitrogens is 3. The fourth-order valence-electron chi connectivity index (χ4n) is 1.02. The van der Waals surface area contributed by atoms with E-state index in [1.54, 1.807) is 18.2 Å². The average molecular weight is 210 g/mol. The lowest BCUT2D eigenvalue weighted by Crippen LogP contribution is -2.05. The van der Waals surface area contributed by atoms with Crippen LogP contribution < -0.4 is 0 Å². The molecule has 6 heteroatoms. The molecule has 1 N–H and O–H groups in total. The minimum Gasteiger partial charge on any atom is -0.475 e. The Morgan fingerprint density at radius 2 is 2.14 bits per heavy atom. The van der Waals surface area contributed by atoms with Crippen LogP contribution in [0.4, 0.5) is 0 Å². The molecule has 14 heavy (non-hydrogen) atoms. The minimum atomic E-state index is -1.22. The summed E-state index contributed by atoms with van der Waals surface area (Å²) in [6.07, 6.45) is 0. The van der Waals surface area contributed by atoms with Crippen molar-refractivity contribution in [1.82, 2.24) is 15.2 Å². The van der Waals surface area contributed by atoms with Crippen LogP contribution in [0, 0.1) is 0 Å². The van der Waals surface area contributed by atoms with Gasteiger partial charge in [-0.3, -0.25) is 0 Å². The highest BCUT2D eigenvalue weighted by Crippen LogP contribution is 2.18. The second kappa shape index (κ2) is 3.19. The number of nitrogens with zero attached hydrogens (tertiary/aromatic N) is 3. The Labute approximate surface area is 83.4 Å². The maximum absolute atomic E-state index is 10.5. The van der Waals surface area contributed by atoms with Gasteiger partial charge < -0.3 is 5.11 Å². The summed E-state index contributed by atoms with van der Waals surface area (Å²) in [4.78, 5) is 14.3. The first-order valence-corrected chi connectivity index (χ1v) is 4.08. The molecule has 1 aromatic carbocycles. The lowest BCUT2D eigenvalue weighted by Gasteiger charge is -1.97. The Hall–Kier alpha value is -1.75. The Balaban J connectivity index is 2.76. The predicted molar refractivity (Wildman–Crippen MR) is 49.3 cm³/mol. The standard InChI is InChI=1S/C8H4ClN3O2/c9-4-2-1-3-5-6(4)10-7(8(13)14)12-11-5/h1-3H,(H,13,14). The number of hydrogen-bond donors (Lipinski definition) is 1. The highest BCUT2D eigenvalue weighted by atomic mass is 35.5. The Bertz CT molecular complexity index is 515. The fourth-order valence-corrected chi connectivity index (χ4v) is 1.23. The minimum absolute atomic E-state index is 0.349. The lowest BCUT2D eigenvalue weighted by molar-refractivity contribution is 0.0682. The molecule has 0 fully saturated rings. The van der Waals surface area contributed by atoms with E-state index >= 15 is 0 Å². The van der Waals surface area contributed by atoms with Crippen molar-refractivity contribution in [2.45, 2.75) is 0 Å². The molecule has 0 aliphatic heterocycles. The summed E-state index contributed by atoms with van der Waals surface area (Å²) in [7, 11) is 0. The van der Waals surface area contributed by atoms with E-state index in [1.807, 2.05) is 0 Å². The lowest BCUT2D eigenvalue weighted by atomic mass is 10.3. The van der Waals surface area contributed by atoms with Gasteiger partial charge in [0.15, 0.2) is 0 Å². The van der Waals surface area contributed by atoms with E-state index in [0.29, 0.717) is 16.1 Å². The smallest absolute Gasteiger partial charge is 0.375 e. The number of carboxylic acids is 1. The van der Waals surface area contributed by atoms with Gasteiger partial charge in [0.25, 0.3) is 5.82 Å². The topological polar surface area (TPSA) is 76.0 Å². The first kappa shape index (κ1) is 8.83. The monoisotopic (exact) mass is 209 g/mol. The van der Waals surface area contributed by atoms with E-state index in [4.69, 9.17) is 16.7 Å². The molecule has 0 amide bonds. The quantitative estimate of drug-likeness (QED) is 0.768. The van der Waals surface area contributed by atoms with Crippen molar-refractivity contribution in [3.05, 3.63) is 29.0 Å². The third-order valence-electron chi connectivity index (χ3n) is 1.63. The van der Waals surface area contributed by atoms with Crippen LogP contribution in [0.3, 0.4) is 0 Å². The van der Waals surface area contributed by atoms with Gasteiger partial charge in [-0.2, -0.15) is 0 Å². The van der Waals surface area contributed by atoms with E-state index in [-0.39, 0.29) is 5.82 Å². The summed E-state index contributed by atoms with van der Waals surface area (Å²) in [6, 6.07) is 4.97. The number of para-hydroxylation sites is 1. The number of aromatic carboxylic acids is 1. The van der Waals surface area contributed by atoms with Crippen LogP contribution in [-0.2, 0) is 0 Å². The number of benzene rings is 1. The maximum Gasteiger partial charge on any atom is 0.375 e. The van der Waals surface area contributed by atoms with Crippen molar-refractivity contribution >= 4 is 28.6 Å². The second-order valence-corrected chi connectivity index (χ2v) is 2.96. The fraction of sp³-hybridized carbons (Fsp3) is 0. The second-order valence-electron chi connectivity index (χ2n) is 2.55. The van der Waals surface area contributed by atoms with Crippen molar-refractivity contribution in [2.24, 2.45) is 0 Å². The molecule has 1 heterocycles. The summed E-state index contributed by atoms with van der Waals surface area (Å²) in [6.45, 7) is 0. The molecule has 0 saturated heterocycles. The van der Waals surface area contributed by atoms with Gasteiger partial charge in [0.05, 0.1) is 5.02 Å². The van der Waals surface area contributed by atoms with Gasteiger partial charge in [-0.25, -0.2) is 9.78 Å². The van der Waals surface area contributed by atoms with Crippen molar-refractivity contribution in [3.63, 3.8) is 0 Å². The molecule has 0 aliphatic rings. The molecule has 70 valence electrons. The Kier molecular flexibility index (Phi) is 2.01. The number of halogens is 1. The van der Waals surface area contributed by atoms with Crippen molar-refractivity contribution < 1.29 is 9.90 Å². The molecule has 0 saturated carbocycles. The van der Waals surface area contributed by atoms with Gasteiger partial charge in [0.1, 0.15) is 11.0 Å². The van der Waals surface area contributed by atoms with Crippen molar-refractivity contribution in [1.29, 1.82) is 0 Å². The average Bonchev–Trinajstić information content (AvgIpc) is 2.18. The van der Waals surface area contributed by atoms with Gasteiger partial charge in [0, 0.05) is 0 Å². The van der Waals surface area contributed by atoms with Gasteiger partial charge in [0.2, 0.25) is 0 Å². The van der Waals surface area contributed by atoms with E-state index in [1.165, 1.54) is 0 Å². The molecule has 2 rings (SSSR count). The summed E-state index contributed by atoms with van der Waals surface area (Å²) in [5.41, 5.74) is 0.823. The summed E-state index contributed by atoms with van der Waals surface area (Å²) >= 11 is 5.81. The number of carboxylic acid groups (broad SMARTS) is 1. The Morgan fingerprint density at radius 1 is 1.36 bits per heavy atom. The van der Waals surface area contributed by atoms with Crippen molar-refractivity contribution in [2.75, 3.05) is 0 Å². The SMILES string of the molecule is O=C(O)c1nnc2cccc(Cl)c2n1. The van der Waals surface area contributed by atoms with Gasteiger partial charge in [-0.15, -0.1) is 10.2 Å². The van der Waals surface area contributed by atoms with E-state index < -0.39 is 5.97 Å². The normalized spacial score (nSPS) is 10.4. The van der Waals surface area contributed by atoms with Crippen molar-refractivity contribution in [3.8, 4) is 0 Å². The van der Waals surface area contributed by atoms with E-state index in [2.05, 4.69) is 15.2 Å². The van der Waals surface area contributed by atoms with Crippen LogP contribution >= 0.6 is 11.6 Å². The van der Waals surface area contributed by atoms with Gasteiger partial charge >= 0.3 is 5.97 Å². The van der Waals surface area contributed by atoms with Crippen LogP contribution in [0.15, 0.2) is 18.2 Å². The summed E-state index contributed by atoms with van der Waals surface area (Å²) in [5, 5.41) is 16.1. The zero-order valence-corrected chi connectivity index (χ0v) is 7.56.